The molecule has 1 unspecified atom stereocenters. The van der Waals surface area contributed by atoms with Gasteiger partial charge in [0.15, 0.2) is 0 Å². The van der Waals surface area contributed by atoms with E-state index in [1.54, 1.807) is 13.1 Å². The first kappa shape index (κ1) is 12.6. The van der Waals surface area contributed by atoms with E-state index in [1.165, 1.54) is 12.2 Å². The zero-order valence-electron chi connectivity index (χ0n) is 9.63. The van der Waals surface area contributed by atoms with E-state index >= 15 is 0 Å². The zero-order chi connectivity index (χ0) is 12.3. The second kappa shape index (κ2) is 5.65. The van der Waals surface area contributed by atoms with Crippen LogP contribution in [-0.4, -0.2) is 30.5 Å². The average molecular weight is 271 g/mol. The fourth-order valence-electron chi connectivity index (χ4n) is 1.81. The number of hydrogen-bond acceptors (Lipinski definition) is 3. The van der Waals surface area contributed by atoms with Crippen LogP contribution in [0.25, 0.3) is 0 Å². The van der Waals surface area contributed by atoms with Crippen molar-refractivity contribution in [1.82, 2.24) is 5.32 Å². The lowest BCUT2D eigenvalue weighted by Gasteiger charge is -2.14. The fraction of sp³-hybridized carbons (Fsp3) is 0.417. The molecule has 1 aromatic rings. The van der Waals surface area contributed by atoms with Gasteiger partial charge in [0.2, 0.25) is 0 Å². The molecular weight excluding hydrogens is 256 g/mol. The van der Waals surface area contributed by atoms with Gasteiger partial charge in [-0.1, -0.05) is 11.6 Å². The van der Waals surface area contributed by atoms with Crippen molar-refractivity contribution in [2.24, 2.45) is 0 Å². The molecule has 1 aromatic carbocycles. The van der Waals surface area contributed by atoms with Crippen LogP contribution in [0.3, 0.4) is 0 Å². The predicted octanol–water partition coefficient (Wildman–Crippen LogP) is 2.62. The number of thioether (sulfide) groups is 1. The number of carbonyl (C=O) groups excluding carboxylic acids is 1. The minimum Gasteiger partial charge on any atom is -0.381 e. The van der Waals surface area contributed by atoms with Crippen molar-refractivity contribution in [3.63, 3.8) is 0 Å². The van der Waals surface area contributed by atoms with Crippen molar-refractivity contribution in [3.8, 4) is 0 Å². The standard InChI is InChI=1S/C12H15ClN2OS/c1-14-12(16)10-6-8(2-3-11(10)13)15-9-4-5-17-7-9/h2-3,6,9,15H,4-5,7H2,1H3,(H,14,16). The molecule has 1 heterocycles. The first-order chi connectivity index (χ1) is 8.20. The number of halogens is 1. The second-order valence-electron chi connectivity index (χ2n) is 3.98. The molecule has 2 rings (SSSR count). The molecule has 1 fully saturated rings. The highest BCUT2D eigenvalue weighted by molar-refractivity contribution is 7.99. The van der Waals surface area contributed by atoms with Crippen LogP contribution in [0, 0.1) is 0 Å². The third kappa shape index (κ3) is 3.07. The highest BCUT2D eigenvalue weighted by atomic mass is 35.5. The number of anilines is 1. The van der Waals surface area contributed by atoms with Gasteiger partial charge in [0.25, 0.3) is 5.91 Å². The third-order valence-electron chi connectivity index (χ3n) is 2.74. The second-order valence-corrected chi connectivity index (χ2v) is 5.54. The van der Waals surface area contributed by atoms with Gasteiger partial charge in [-0.3, -0.25) is 4.79 Å². The smallest absolute Gasteiger partial charge is 0.252 e. The van der Waals surface area contributed by atoms with E-state index in [9.17, 15) is 4.79 Å². The van der Waals surface area contributed by atoms with E-state index in [0.717, 1.165) is 11.4 Å². The lowest BCUT2D eigenvalue weighted by molar-refractivity contribution is 0.0963. The number of hydrogen-bond donors (Lipinski definition) is 2. The number of benzene rings is 1. The van der Waals surface area contributed by atoms with Gasteiger partial charge < -0.3 is 10.6 Å². The highest BCUT2D eigenvalue weighted by Gasteiger charge is 2.16. The van der Waals surface area contributed by atoms with Crippen molar-refractivity contribution < 1.29 is 4.79 Å². The van der Waals surface area contributed by atoms with Crippen LogP contribution in [-0.2, 0) is 0 Å². The summed E-state index contributed by atoms with van der Waals surface area (Å²) in [5.74, 6) is 2.17. The minimum absolute atomic E-state index is 0.153. The van der Waals surface area contributed by atoms with Gasteiger partial charge in [-0.2, -0.15) is 11.8 Å². The van der Waals surface area contributed by atoms with Gasteiger partial charge in [0, 0.05) is 24.5 Å². The first-order valence-electron chi connectivity index (χ1n) is 5.56. The lowest BCUT2D eigenvalue weighted by atomic mass is 10.1. The molecule has 2 N–H and O–H groups in total. The highest BCUT2D eigenvalue weighted by Crippen LogP contribution is 2.24. The molecule has 1 saturated heterocycles. The van der Waals surface area contributed by atoms with Crippen LogP contribution < -0.4 is 10.6 Å². The molecule has 1 amide bonds. The molecule has 1 aliphatic heterocycles. The molecule has 0 aromatic heterocycles. The van der Waals surface area contributed by atoms with Crippen LogP contribution in [0.15, 0.2) is 18.2 Å². The Morgan fingerprint density at radius 3 is 3.00 bits per heavy atom. The van der Waals surface area contributed by atoms with Crippen molar-refractivity contribution in [2.75, 3.05) is 23.9 Å². The Balaban J connectivity index is 2.15. The van der Waals surface area contributed by atoms with E-state index in [0.29, 0.717) is 16.6 Å². The van der Waals surface area contributed by atoms with Gasteiger partial charge in [-0.25, -0.2) is 0 Å². The molecule has 1 atom stereocenters. The van der Waals surface area contributed by atoms with Crippen molar-refractivity contribution in [3.05, 3.63) is 28.8 Å². The summed E-state index contributed by atoms with van der Waals surface area (Å²) in [4.78, 5) is 11.6. The van der Waals surface area contributed by atoms with Crippen LogP contribution in [0.5, 0.6) is 0 Å². The molecule has 17 heavy (non-hydrogen) atoms. The van der Waals surface area contributed by atoms with Crippen LogP contribution in [0.2, 0.25) is 5.02 Å². The normalized spacial score (nSPS) is 19.1. The van der Waals surface area contributed by atoms with Gasteiger partial charge in [0.05, 0.1) is 10.6 Å². The van der Waals surface area contributed by atoms with E-state index in [-0.39, 0.29) is 5.91 Å². The number of carbonyl (C=O) groups is 1. The summed E-state index contributed by atoms with van der Waals surface area (Å²) in [6.45, 7) is 0. The maximum Gasteiger partial charge on any atom is 0.252 e. The van der Waals surface area contributed by atoms with Gasteiger partial charge in [-0.05, 0) is 30.4 Å². The van der Waals surface area contributed by atoms with Crippen LogP contribution in [0.4, 0.5) is 5.69 Å². The quantitative estimate of drug-likeness (QED) is 0.887. The Hall–Kier alpha value is -0.870. The Labute approximate surface area is 110 Å². The summed E-state index contributed by atoms with van der Waals surface area (Å²) in [5, 5.41) is 6.50. The molecule has 3 nitrogen and oxygen atoms in total. The Morgan fingerprint density at radius 1 is 1.53 bits per heavy atom. The van der Waals surface area contributed by atoms with Gasteiger partial charge >= 0.3 is 0 Å². The predicted molar refractivity (Wildman–Crippen MR) is 74.2 cm³/mol. The SMILES string of the molecule is CNC(=O)c1cc(NC2CCSC2)ccc1Cl. The molecule has 5 heteroatoms. The first-order valence-corrected chi connectivity index (χ1v) is 7.10. The van der Waals surface area contributed by atoms with Crippen molar-refractivity contribution in [2.45, 2.75) is 12.5 Å². The summed E-state index contributed by atoms with van der Waals surface area (Å²) < 4.78 is 0. The Bertz CT molecular complexity index is 419. The van der Waals surface area contributed by atoms with Crippen molar-refractivity contribution >= 4 is 35.0 Å². The maximum absolute atomic E-state index is 11.6. The Morgan fingerprint density at radius 2 is 2.35 bits per heavy atom. The lowest BCUT2D eigenvalue weighted by Crippen LogP contribution is -2.20. The molecule has 92 valence electrons. The molecule has 0 radical (unpaired) electrons. The molecule has 1 aliphatic rings. The third-order valence-corrected chi connectivity index (χ3v) is 4.23. The van der Waals surface area contributed by atoms with Crippen molar-refractivity contribution in [1.29, 1.82) is 0 Å². The van der Waals surface area contributed by atoms with Gasteiger partial charge in [-0.15, -0.1) is 0 Å². The molecular formula is C12H15ClN2OS. The summed E-state index contributed by atoms with van der Waals surface area (Å²) in [7, 11) is 1.60. The van der Waals surface area contributed by atoms with E-state index in [2.05, 4.69) is 10.6 Å². The fourth-order valence-corrected chi connectivity index (χ4v) is 3.16. The molecule has 0 aliphatic carbocycles. The molecule has 0 spiro atoms. The molecule has 0 saturated carbocycles. The van der Waals surface area contributed by atoms with Crippen LogP contribution >= 0.6 is 23.4 Å². The maximum atomic E-state index is 11.6. The van der Waals surface area contributed by atoms with Gasteiger partial charge in [0.1, 0.15) is 0 Å². The van der Waals surface area contributed by atoms with E-state index in [1.807, 2.05) is 23.9 Å². The Kier molecular flexibility index (Phi) is 4.18. The monoisotopic (exact) mass is 270 g/mol. The summed E-state index contributed by atoms with van der Waals surface area (Å²) in [6.07, 6.45) is 1.17. The number of amides is 1. The number of rotatable bonds is 3. The summed E-state index contributed by atoms with van der Waals surface area (Å²) in [5.41, 5.74) is 1.48. The molecule has 0 bridgehead atoms. The largest absolute Gasteiger partial charge is 0.381 e. The summed E-state index contributed by atoms with van der Waals surface area (Å²) >= 11 is 7.95. The topological polar surface area (TPSA) is 41.1 Å². The minimum atomic E-state index is -0.153. The van der Waals surface area contributed by atoms with E-state index < -0.39 is 0 Å². The zero-order valence-corrected chi connectivity index (χ0v) is 11.2. The average Bonchev–Trinajstić information content (AvgIpc) is 2.83. The number of nitrogens with one attached hydrogen (secondary N) is 2. The summed E-state index contributed by atoms with van der Waals surface area (Å²) in [6, 6.07) is 5.98. The van der Waals surface area contributed by atoms with E-state index in [4.69, 9.17) is 11.6 Å². The van der Waals surface area contributed by atoms with Crippen LogP contribution in [0.1, 0.15) is 16.8 Å².